The second-order valence-electron chi connectivity index (χ2n) is 0.0745. The quantitative estimate of drug-likeness (QED) is 0.385. The molecule has 0 fully saturated rings. The second kappa shape index (κ2) is 704. The molecule has 3 nitrogen and oxygen atoms in total. The molecule has 0 aliphatic carbocycles. The van der Waals surface area contributed by atoms with Crippen LogP contribution in [0.15, 0.2) is 5.34 Å². The first-order valence-electron chi connectivity index (χ1n) is 1.78. The number of rotatable bonds is 0. The average molecular weight is 344 g/mol. The molecular weight excluding hydrogens is 325 g/mol. The Kier molecular flexibility index (Phi) is 4320. The maximum atomic E-state index is 8.00. The molecule has 0 saturated heterocycles. The van der Waals surface area contributed by atoms with Crippen LogP contribution in [0.25, 0.3) is 0 Å². The Balaban J connectivity index is -0.00000000378. The molecule has 4 heteroatoms. The molecule has 0 atom stereocenters. The van der Waals surface area contributed by atoms with Gasteiger partial charge < -0.3 is 46.2 Å². The molecule has 0 rings (SSSR count). The van der Waals surface area contributed by atoms with Crippen LogP contribution in [0.3, 0.4) is 0 Å². The molecule has 11 heavy (non-hydrogen) atoms. The summed E-state index contributed by atoms with van der Waals surface area (Å²) in [6, 6.07) is 0. The van der Waals surface area contributed by atoms with E-state index in [0.717, 1.165) is 5.34 Å². The molecular formula is C7H19NO2Pt-6. The summed E-state index contributed by atoms with van der Waals surface area (Å²) >= 11 is 0. The van der Waals surface area contributed by atoms with Crippen LogP contribution in [0.4, 0.5) is 0 Å². The first kappa shape index (κ1) is 67.5. The molecule has 0 bridgehead atoms. The maximum Gasteiger partial charge on any atom is 0 e. The Hall–Kier alpha value is 0.0883. The van der Waals surface area contributed by atoms with Gasteiger partial charge in [0.05, 0.1) is 0 Å². The van der Waals surface area contributed by atoms with Crippen LogP contribution in [-0.4, -0.2) is 0 Å². The van der Waals surface area contributed by atoms with Gasteiger partial charge in [-0.3, -0.25) is 0 Å². The van der Waals surface area contributed by atoms with E-state index in [-0.39, 0.29) is 43.3 Å². The Morgan fingerprint density at radius 2 is 1.00 bits per heavy atom. The van der Waals surface area contributed by atoms with Gasteiger partial charge in [0.1, 0.15) is 0 Å². The second-order valence-corrected chi connectivity index (χ2v) is 0.0745. The van der Waals surface area contributed by atoms with Crippen LogP contribution >= 0.6 is 0 Å². The summed E-state index contributed by atoms with van der Waals surface area (Å²) in [5.41, 5.74) is 0. The van der Waals surface area contributed by atoms with Crippen molar-refractivity contribution in [3.63, 3.8) is 0 Å². The summed E-state index contributed by atoms with van der Waals surface area (Å²) in [4.78, 5) is 8.00. The predicted molar refractivity (Wildman–Crippen MR) is 50.5 cm³/mol. The van der Waals surface area contributed by atoms with Crippen LogP contribution in [0.2, 0.25) is 0 Å². The van der Waals surface area contributed by atoms with Crippen molar-refractivity contribution in [1.29, 1.82) is 0 Å². The summed E-state index contributed by atoms with van der Waals surface area (Å²) in [5.74, 6) is 0. The van der Waals surface area contributed by atoms with Crippen molar-refractivity contribution in [3.05, 3.63) is 46.2 Å². The SMILES string of the molecule is O=N[O-].[CH2-]C.[CH2-]C.[CH3-].[CH3-].[CH3-].[Pt]. The van der Waals surface area contributed by atoms with Gasteiger partial charge in [0.15, 0.2) is 0 Å². The topological polar surface area (TPSA) is 52.5 Å². The fourth-order valence-electron chi connectivity index (χ4n) is 0. The first-order valence-corrected chi connectivity index (χ1v) is 1.78. The van der Waals surface area contributed by atoms with E-state index in [1.165, 1.54) is 0 Å². The Morgan fingerprint density at radius 3 is 1.00 bits per heavy atom. The van der Waals surface area contributed by atoms with E-state index < -0.39 is 0 Å². The smallest absolute Gasteiger partial charge is 0 e. The molecule has 0 aromatic carbocycles. The molecule has 0 amide bonds. The zero-order chi connectivity index (χ0) is 6.71. The van der Waals surface area contributed by atoms with Crippen molar-refractivity contribution >= 4 is 0 Å². The van der Waals surface area contributed by atoms with Crippen LogP contribution in [-0.2, 0) is 21.1 Å². The Bertz CT molecular complexity index is 23.9. The summed E-state index contributed by atoms with van der Waals surface area (Å²) in [5, 5.41) is 9.00. The van der Waals surface area contributed by atoms with Gasteiger partial charge in [-0.1, -0.05) is 0 Å². The van der Waals surface area contributed by atoms with Crippen LogP contribution in [0.5, 0.6) is 0 Å². The monoisotopic (exact) mass is 344 g/mol. The predicted octanol–water partition coefficient (Wildman–Crippen LogP) is 3.28. The molecule has 0 aliphatic rings. The van der Waals surface area contributed by atoms with E-state index in [4.69, 9.17) is 10.1 Å². The molecule has 0 aromatic rings. The Labute approximate surface area is 86.8 Å². The summed E-state index contributed by atoms with van der Waals surface area (Å²) in [7, 11) is 0. The first-order chi connectivity index (χ1) is 3.41. The molecule has 80 valence electrons. The van der Waals surface area contributed by atoms with Gasteiger partial charge in [0, 0.05) is 21.1 Å². The van der Waals surface area contributed by atoms with Crippen molar-refractivity contribution in [2.75, 3.05) is 0 Å². The van der Waals surface area contributed by atoms with Gasteiger partial charge in [-0.25, -0.2) is 0 Å². The Morgan fingerprint density at radius 1 is 1.00 bits per heavy atom. The van der Waals surface area contributed by atoms with E-state index in [1.807, 2.05) is 0 Å². The van der Waals surface area contributed by atoms with Gasteiger partial charge in [0.2, 0.25) is 0 Å². The van der Waals surface area contributed by atoms with Crippen molar-refractivity contribution in [1.82, 2.24) is 0 Å². The number of hydrogen-bond donors (Lipinski definition) is 0. The van der Waals surface area contributed by atoms with E-state index in [1.54, 1.807) is 13.8 Å². The summed E-state index contributed by atoms with van der Waals surface area (Å²) < 4.78 is 0. The van der Waals surface area contributed by atoms with Crippen molar-refractivity contribution in [2.24, 2.45) is 5.34 Å². The average Bonchev–Trinajstić information content (AvgIpc) is 1.78. The molecule has 0 aromatic heterocycles. The van der Waals surface area contributed by atoms with Crippen molar-refractivity contribution in [2.45, 2.75) is 13.8 Å². The molecule has 0 radical (unpaired) electrons. The fraction of sp³-hybridized carbons (Fsp3) is 0.286. The van der Waals surface area contributed by atoms with E-state index in [0.29, 0.717) is 0 Å². The summed E-state index contributed by atoms with van der Waals surface area (Å²) in [6.45, 7) is 10.0. The van der Waals surface area contributed by atoms with Crippen molar-refractivity contribution in [3.8, 4) is 0 Å². The summed E-state index contributed by atoms with van der Waals surface area (Å²) in [6.07, 6.45) is 0. The third kappa shape index (κ3) is 84600. The van der Waals surface area contributed by atoms with Gasteiger partial charge in [-0.05, 0) is 0 Å². The largest absolute Gasteiger partial charge is 0.444 e. The molecule has 0 saturated carbocycles. The fourth-order valence-corrected chi connectivity index (χ4v) is 0. The number of nitrogens with zero attached hydrogens (tertiary/aromatic N) is 1. The van der Waals surface area contributed by atoms with E-state index >= 15 is 0 Å². The third-order valence-corrected chi connectivity index (χ3v) is 0. The third-order valence-electron chi connectivity index (χ3n) is 0. The minimum atomic E-state index is 0. The zero-order valence-electron chi connectivity index (χ0n) is 7.99. The molecule has 0 aliphatic heterocycles. The van der Waals surface area contributed by atoms with E-state index in [9.17, 15) is 0 Å². The van der Waals surface area contributed by atoms with Crippen LogP contribution in [0.1, 0.15) is 13.8 Å². The molecule has 0 N–H and O–H groups in total. The van der Waals surface area contributed by atoms with Gasteiger partial charge in [0.25, 0.3) is 0 Å². The van der Waals surface area contributed by atoms with Gasteiger partial charge in [-0.2, -0.15) is 13.8 Å². The normalized spacial score (nSPS) is 2.18. The van der Waals surface area contributed by atoms with Crippen LogP contribution < -0.4 is 0 Å². The minimum absolute atomic E-state index is 0. The van der Waals surface area contributed by atoms with E-state index in [2.05, 4.69) is 13.8 Å². The van der Waals surface area contributed by atoms with Crippen LogP contribution in [0, 0.1) is 46.2 Å². The van der Waals surface area contributed by atoms with Gasteiger partial charge in [-0.15, -0.1) is 5.34 Å². The maximum absolute atomic E-state index is 8.00. The standard InChI is InChI=1S/2C2H5.3CH3.HNO2.Pt/c2*1-2;;;;2-1-3;/h2*1H2,2H3;3*1H3;(H,2,3);/q5*-1;;/p-1. The van der Waals surface area contributed by atoms with Crippen molar-refractivity contribution < 1.29 is 21.1 Å². The molecule has 0 heterocycles. The number of hydrogen-bond acceptors (Lipinski definition) is 3. The molecule has 0 spiro atoms. The van der Waals surface area contributed by atoms with Gasteiger partial charge >= 0.3 is 0 Å². The minimum Gasteiger partial charge on any atom is -0.444 e. The molecule has 0 unspecified atom stereocenters. The zero-order valence-corrected chi connectivity index (χ0v) is 10.3.